The van der Waals surface area contributed by atoms with Crippen LogP contribution in [0.1, 0.15) is 12.0 Å². The van der Waals surface area contributed by atoms with E-state index in [9.17, 15) is 4.79 Å². The van der Waals surface area contributed by atoms with Crippen molar-refractivity contribution in [3.8, 4) is 0 Å². The Hall–Kier alpha value is -1.59. The Morgan fingerprint density at radius 1 is 1.47 bits per heavy atom. The Morgan fingerprint density at radius 2 is 2.18 bits per heavy atom. The standard InChI is InChI=1S/C12H16N2O3/c13-12(17-11(15)16)6-7-14(9-12)8-10-4-2-1-3-5-10/h1-5H,6-9,13H2,(H,15,16). The highest BCUT2D eigenvalue weighted by atomic mass is 16.7. The van der Waals surface area contributed by atoms with E-state index in [1.54, 1.807) is 0 Å². The van der Waals surface area contributed by atoms with E-state index in [4.69, 9.17) is 15.6 Å². The number of nitrogens with two attached hydrogens (primary N) is 1. The van der Waals surface area contributed by atoms with Crippen LogP contribution < -0.4 is 5.73 Å². The molecule has 1 aromatic rings. The second kappa shape index (κ2) is 4.73. The van der Waals surface area contributed by atoms with Gasteiger partial charge in [-0.15, -0.1) is 0 Å². The van der Waals surface area contributed by atoms with Crippen LogP contribution in [0, 0.1) is 0 Å². The van der Waals surface area contributed by atoms with Crippen LogP contribution >= 0.6 is 0 Å². The SMILES string of the molecule is NC1(OC(=O)O)CCN(Cc2ccccc2)C1. The van der Waals surface area contributed by atoms with Crippen molar-refractivity contribution in [1.82, 2.24) is 4.90 Å². The van der Waals surface area contributed by atoms with Crippen LogP contribution in [0.4, 0.5) is 4.79 Å². The van der Waals surface area contributed by atoms with Gasteiger partial charge in [0.15, 0.2) is 5.72 Å². The lowest BCUT2D eigenvalue weighted by Crippen LogP contribution is -2.46. The summed E-state index contributed by atoms with van der Waals surface area (Å²) in [7, 11) is 0. The summed E-state index contributed by atoms with van der Waals surface area (Å²) in [4.78, 5) is 12.6. The van der Waals surface area contributed by atoms with Crippen LogP contribution in [0.5, 0.6) is 0 Å². The van der Waals surface area contributed by atoms with Gasteiger partial charge in [0, 0.05) is 19.5 Å². The average Bonchev–Trinajstić information content (AvgIpc) is 2.60. The summed E-state index contributed by atoms with van der Waals surface area (Å²) in [5.74, 6) is 0. The van der Waals surface area contributed by atoms with E-state index in [0.29, 0.717) is 13.0 Å². The topological polar surface area (TPSA) is 75.8 Å². The third-order valence-corrected chi connectivity index (χ3v) is 2.88. The van der Waals surface area contributed by atoms with Crippen molar-refractivity contribution in [3.05, 3.63) is 35.9 Å². The molecule has 1 aliphatic heterocycles. The van der Waals surface area contributed by atoms with Gasteiger partial charge in [-0.3, -0.25) is 10.6 Å². The zero-order chi connectivity index (χ0) is 12.3. The Balaban J connectivity index is 1.92. The van der Waals surface area contributed by atoms with Crippen molar-refractivity contribution in [2.75, 3.05) is 13.1 Å². The molecular formula is C12H16N2O3. The van der Waals surface area contributed by atoms with Gasteiger partial charge in [0.05, 0.1) is 6.54 Å². The zero-order valence-electron chi connectivity index (χ0n) is 9.50. The van der Waals surface area contributed by atoms with E-state index in [2.05, 4.69) is 4.90 Å². The predicted molar refractivity (Wildman–Crippen MR) is 62.4 cm³/mol. The van der Waals surface area contributed by atoms with Gasteiger partial charge in [-0.1, -0.05) is 30.3 Å². The minimum absolute atomic E-state index is 0.439. The Bertz CT molecular complexity index is 396. The van der Waals surface area contributed by atoms with Crippen LogP contribution in [0.15, 0.2) is 30.3 Å². The summed E-state index contributed by atoms with van der Waals surface area (Å²) >= 11 is 0. The number of benzene rings is 1. The highest BCUT2D eigenvalue weighted by Crippen LogP contribution is 2.21. The highest BCUT2D eigenvalue weighted by molar-refractivity contribution is 5.57. The van der Waals surface area contributed by atoms with Crippen molar-refractivity contribution in [1.29, 1.82) is 0 Å². The van der Waals surface area contributed by atoms with Gasteiger partial charge >= 0.3 is 6.16 Å². The Kier molecular flexibility index (Phi) is 3.31. The molecule has 2 rings (SSSR count). The first kappa shape index (κ1) is 11.9. The lowest BCUT2D eigenvalue weighted by atomic mass is 10.2. The van der Waals surface area contributed by atoms with E-state index >= 15 is 0 Å². The second-order valence-corrected chi connectivity index (χ2v) is 4.38. The van der Waals surface area contributed by atoms with E-state index < -0.39 is 11.9 Å². The Morgan fingerprint density at radius 3 is 2.82 bits per heavy atom. The number of nitrogens with zero attached hydrogens (tertiary/aromatic N) is 1. The number of hydrogen-bond acceptors (Lipinski definition) is 4. The van der Waals surface area contributed by atoms with Gasteiger partial charge in [0.2, 0.25) is 0 Å². The summed E-state index contributed by atoms with van der Waals surface area (Å²) in [6.45, 7) is 1.95. The monoisotopic (exact) mass is 236 g/mol. The number of ether oxygens (including phenoxy) is 1. The van der Waals surface area contributed by atoms with E-state index in [-0.39, 0.29) is 0 Å². The molecule has 5 nitrogen and oxygen atoms in total. The van der Waals surface area contributed by atoms with Crippen molar-refractivity contribution in [2.24, 2.45) is 5.73 Å². The largest absolute Gasteiger partial charge is 0.507 e. The van der Waals surface area contributed by atoms with E-state index in [1.807, 2.05) is 30.3 Å². The van der Waals surface area contributed by atoms with Gasteiger partial charge in [-0.05, 0) is 5.56 Å². The number of carbonyl (C=O) groups is 1. The first-order valence-corrected chi connectivity index (χ1v) is 5.54. The zero-order valence-corrected chi connectivity index (χ0v) is 9.50. The van der Waals surface area contributed by atoms with Gasteiger partial charge < -0.3 is 9.84 Å². The molecule has 1 atom stereocenters. The van der Waals surface area contributed by atoms with Crippen LogP contribution in [0.25, 0.3) is 0 Å². The van der Waals surface area contributed by atoms with Crippen LogP contribution in [0.3, 0.4) is 0 Å². The molecule has 1 unspecified atom stereocenters. The fraction of sp³-hybridized carbons (Fsp3) is 0.417. The normalized spacial score (nSPS) is 24.8. The van der Waals surface area contributed by atoms with Crippen molar-refractivity contribution in [3.63, 3.8) is 0 Å². The minimum Gasteiger partial charge on any atom is -0.450 e. The maximum absolute atomic E-state index is 10.5. The molecule has 3 N–H and O–H groups in total. The molecular weight excluding hydrogens is 220 g/mol. The van der Waals surface area contributed by atoms with E-state index in [1.165, 1.54) is 5.56 Å². The third-order valence-electron chi connectivity index (χ3n) is 2.88. The van der Waals surface area contributed by atoms with Gasteiger partial charge in [-0.25, -0.2) is 4.79 Å². The molecule has 1 fully saturated rings. The molecule has 0 spiro atoms. The molecule has 1 saturated heterocycles. The summed E-state index contributed by atoms with van der Waals surface area (Å²) in [5.41, 5.74) is 5.99. The number of carboxylic acid groups (broad SMARTS) is 1. The molecule has 92 valence electrons. The van der Waals surface area contributed by atoms with Crippen LogP contribution in [0.2, 0.25) is 0 Å². The quantitative estimate of drug-likeness (QED) is 0.610. The van der Waals surface area contributed by atoms with Crippen LogP contribution in [-0.2, 0) is 11.3 Å². The molecule has 0 saturated carbocycles. The maximum Gasteiger partial charge on any atom is 0.507 e. The van der Waals surface area contributed by atoms with Crippen LogP contribution in [-0.4, -0.2) is 35.0 Å². The molecule has 0 aromatic heterocycles. The predicted octanol–water partition coefficient (Wildman–Crippen LogP) is 1.24. The smallest absolute Gasteiger partial charge is 0.450 e. The maximum atomic E-state index is 10.5. The molecule has 0 aliphatic carbocycles. The summed E-state index contributed by atoms with van der Waals surface area (Å²) < 4.78 is 4.72. The third kappa shape index (κ3) is 3.18. The molecule has 0 amide bonds. The van der Waals surface area contributed by atoms with Crippen molar-refractivity contribution in [2.45, 2.75) is 18.7 Å². The highest BCUT2D eigenvalue weighted by Gasteiger charge is 2.37. The van der Waals surface area contributed by atoms with Gasteiger partial charge in [0.25, 0.3) is 0 Å². The number of likely N-dealkylation sites (tertiary alicyclic amines) is 1. The van der Waals surface area contributed by atoms with Gasteiger partial charge in [0.1, 0.15) is 0 Å². The first-order valence-electron chi connectivity index (χ1n) is 5.54. The molecule has 1 aromatic carbocycles. The summed E-state index contributed by atoms with van der Waals surface area (Å²) in [6.07, 6.45) is -0.777. The molecule has 1 heterocycles. The molecule has 5 heteroatoms. The fourth-order valence-electron chi connectivity index (χ4n) is 2.12. The van der Waals surface area contributed by atoms with Gasteiger partial charge in [-0.2, -0.15) is 0 Å². The van der Waals surface area contributed by atoms with Crippen molar-refractivity contribution < 1.29 is 14.6 Å². The lowest BCUT2D eigenvalue weighted by molar-refractivity contribution is -0.00921. The Labute approximate surface area is 99.8 Å². The van der Waals surface area contributed by atoms with Crippen molar-refractivity contribution >= 4 is 6.16 Å². The first-order chi connectivity index (χ1) is 8.07. The lowest BCUT2D eigenvalue weighted by Gasteiger charge is -2.23. The summed E-state index contributed by atoms with van der Waals surface area (Å²) in [5, 5.41) is 8.59. The molecule has 0 radical (unpaired) electrons. The molecule has 1 aliphatic rings. The number of rotatable bonds is 3. The molecule has 0 bridgehead atoms. The summed E-state index contributed by atoms with van der Waals surface area (Å²) in [6, 6.07) is 10.0. The second-order valence-electron chi connectivity index (χ2n) is 4.38. The number of hydrogen-bond donors (Lipinski definition) is 2. The fourth-order valence-corrected chi connectivity index (χ4v) is 2.12. The molecule has 17 heavy (non-hydrogen) atoms. The minimum atomic E-state index is -1.31. The average molecular weight is 236 g/mol. The van der Waals surface area contributed by atoms with E-state index in [0.717, 1.165) is 13.1 Å².